The highest BCUT2D eigenvalue weighted by Gasteiger charge is 2.01. The normalized spacial score (nSPS) is 9.90. The van der Waals surface area contributed by atoms with E-state index in [4.69, 9.17) is 11.6 Å². The fourth-order valence-corrected chi connectivity index (χ4v) is 1.11. The SMILES string of the molecule is Fc1ccc(Cl)nc1CBr. The van der Waals surface area contributed by atoms with Crippen LogP contribution in [-0.2, 0) is 5.33 Å². The van der Waals surface area contributed by atoms with E-state index in [0.29, 0.717) is 16.2 Å². The van der Waals surface area contributed by atoms with Gasteiger partial charge in [-0.1, -0.05) is 27.5 Å². The van der Waals surface area contributed by atoms with E-state index in [1.54, 1.807) is 0 Å². The molecule has 0 aliphatic rings. The monoisotopic (exact) mass is 223 g/mol. The van der Waals surface area contributed by atoms with E-state index < -0.39 is 0 Å². The van der Waals surface area contributed by atoms with Gasteiger partial charge in [-0.2, -0.15) is 0 Å². The number of rotatable bonds is 1. The van der Waals surface area contributed by atoms with Crippen molar-refractivity contribution in [3.63, 3.8) is 0 Å². The molecule has 0 saturated carbocycles. The second-order valence-corrected chi connectivity index (χ2v) is 2.64. The van der Waals surface area contributed by atoms with Crippen molar-refractivity contribution in [3.8, 4) is 0 Å². The summed E-state index contributed by atoms with van der Waals surface area (Å²) in [5.74, 6) is -0.332. The molecule has 1 aromatic heterocycles. The van der Waals surface area contributed by atoms with E-state index in [0.717, 1.165) is 0 Å². The highest BCUT2D eigenvalue weighted by Crippen LogP contribution is 2.12. The van der Waals surface area contributed by atoms with Gasteiger partial charge in [0.2, 0.25) is 0 Å². The van der Waals surface area contributed by atoms with Gasteiger partial charge in [-0.3, -0.25) is 0 Å². The Balaban J connectivity index is 3.09. The van der Waals surface area contributed by atoms with Crippen molar-refractivity contribution in [2.24, 2.45) is 0 Å². The zero-order chi connectivity index (χ0) is 7.56. The van der Waals surface area contributed by atoms with Crippen molar-refractivity contribution >= 4 is 27.5 Å². The zero-order valence-electron chi connectivity index (χ0n) is 4.94. The van der Waals surface area contributed by atoms with Crippen molar-refractivity contribution in [2.75, 3.05) is 0 Å². The van der Waals surface area contributed by atoms with Gasteiger partial charge in [-0.15, -0.1) is 0 Å². The molecule has 1 nitrogen and oxygen atoms in total. The van der Waals surface area contributed by atoms with Gasteiger partial charge in [-0.05, 0) is 12.1 Å². The van der Waals surface area contributed by atoms with Crippen LogP contribution in [0.4, 0.5) is 4.39 Å². The summed E-state index contributed by atoms with van der Waals surface area (Å²) in [4.78, 5) is 3.73. The van der Waals surface area contributed by atoms with E-state index >= 15 is 0 Å². The molecule has 0 spiro atoms. The lowest BCUT2D eigenvalue weighted by Gasteiger charge is -1.95. The number of halogens is 3. The average Bonchev–Trinajstić information content (AvgIpc) is 1.94. The second kappa shape index (κ2) is 3.30. The van der Waals surface area contributed by atoms with Gasteiger partial charge in [0.25, 0.3) is 0 Å². The van der Waals surface area contributed by atoms with E-state index in [1.807, 2.05) is 0 Å². The van der Waals surface area contributed by atoms with Crippen LogP contribution in [0.25, 0.3) is 0 Å². The number of hydrogen-bond acceptors (Lipinski definition) is 1. The van der Waals surface area contributed by atoms with Gasteiger partial charge >= 0.3 is 0 Å². The second-order valence-electron chi connectivity index (χ2n) is 1.70. The van der Waals surface area contributed by atoms with Gasteiger partial charge in [0, 0.05) is 5.33 Å². The summed E-state index contributed by atoms with van der Waals surface area (Å²) in [6, 6.07) is 2.72. The molecule has 0 bridgehead atoms. The fraction of sp³-hybridized carbons (Fsp3) is 0.167. The lowest BCUT2D eigenvalue weighted by molar-refractivity contribution is 0.609. The van der Waals surface area contributed by atoms with Gasteiger partial charge < -0.3 is 0 Å². The molecule has 1 heterocycles. The molecule has 4 heteroatoms. The van der Waals surface area contributed by atoms with Crippen molar-refractivity contribution in [1.82, 2.24) is 4.98 Å². The van der Waals surface area contributed by atoms with Crippen LogP contribution in [0.3, 0.4) is 0 Å². The number of alkyl halides is 1. The molecule has 0 amide bonds. The maximum atomic E-state index is 12.6. The van der Waals surface area contributed by atoms with Crippen LogP contribution in [0.1, 0.15) is 5.69 Å². The first-order chi connectivity index (χ1) is 4.74. The number of pyridine rings is 1. The minimum absolute atomic E-state index is 0.316. The first-order valence-corrected chi connectivity index (χ1v) is 4.11. The lowest BCUT2D eigenvalue weighted by atomic mass is 10.4. The molecule has 0 atom stereocenters. The molecule has 0 fully saturated rings. The summed E-state index contributed by atoms with van der Waals surface area (Å²) in [5, 5.41) is 0.704. The molecule has 1 rings (SSSR count). The summed E-state index contributed by atoms with van der Waals surface area (Å²) in [6.45, 7) is 0. The van der Waals surface area contributed by atoms with Crippen LogP contribution in [0.2, 0.25) is 5.15 Å². The molecular weight excluding hydrogens is 220 g/mol. The van der Waals surface area contributed by atoms with Gasteiger partial charge in [0.1, 0.15) is 11.0 Å². The third-order valence-corrected chi connectivity index (χ3v) is 1.75. The molecule has 0 aliphatic carbocycles. The third-order valence-electron chi connectivity index (χ3n) is 1.01. The standard InChI is InChI=1S/C6H4BrClFN/c7-3-5-4(9)1-2-6(8)10-5/h1-2H,3H2. The van der Waals surface area contributed by atoms with Crippen molar-refractivity contribution in [1.29, 1.82) is 0 Å². The summed E-state index contributed by atoms with van der Waals surface area (Å²) < 4.78 is 12.6. The van der Waals surface area contributed by atoms with Crippen molar-refractivity contribution < 1.29 is 4.39 Å². The Kier molecular flexibility index (Phi) is 2.63. The van der Waals surface area contributed by atoms with Crippen molar-refractivity contribution in [3.05, 3.63) is 28.8 Å². The summed E-state index contributed by atoms with van der Waals surface area (Å²) in [5.41, 5.74) is 0.340. The molecule has 10 heavy (non-hydrogen) atoms. The molecule has 0 radical (unpaired) electrons. The van der Waals surface area contributed by atoms with Crippen LogP contribution >= 0.6 is 27.5 Å². The quantitative estimate of drug-likeness (QED) is 0.528. The summed E-state index contributed by atoms with van der Waals surface area (Å²) in [6.07, 6.45) is 0. The van der Waals surface area contributed by atoms with Crippen LogP contribution in [0.5, 0.6) is 0 Å². The molecule has 0 unspecified atom stereocenters. The minimum atomic E-state index is -0.332. The van der Waals surface area contributed by atoms with Crippen LogP contribution in [-0.4, -0.2) is 4.98 Å². The Morgan fingerprint density at radius 2 is 2.30 bits per heavy atom. The minimum Gasteiger partial charge on any atom is -0.237 e. The van der Waals surface area contributed by atoms with E-state index in [1.165, 1.54) is 12.1 Å². The Hall–Kier alpha value is -0.150. The molecule has 1 aromatic rings. The Bertz CT molecular complexity index is 241. The molecule has 0 aromatic carbocycles. The van der Waals surface area contributed by atoms with E-state index in [9.17, 15) is 4.39 Å². The topological polar surface area (TPSA) is 12.9 Å². The Labute approximate surface area is 71.4 Å². The Morgan fingerprint density at radius 3 is 2.80 bits per heavy atom. The van der Waals surface area contributed by atoms with E-state index in [2.05, 4.69) is 20.9 Å². The van der Waals surface area contributed by atoms with Gasteiger partial charge in [0.05, 0.1) is 5.69 Å². The predicted molar refractivity (Wildman–Crippen MR) is 41.8 cm³/mol. The maximum absolute atomic E-state index is 12.6. The van der Waals surface area contributed by atoms with Crippen LogP contribution in [0.15, 0.2) is 12.1 Å². The maximum Gasteiger partial charge on any atom is 0.145 e. The molecular formula is C6H4BrClFN. The zero-order valence-corrected chi connectivity index (χ0v) is 7.28. The fourth-order valence-electron chi connectivity index (χ4n) is 0.551. The average molecular weight is 224 g/mol. The first-order valence-electron chi connectivity index (χ1n) is 2.61. The highest BCUT2D eigenvalue weighted by molar-refractivity contribution is 9.08. The Morgan fingerprint density at radius 1 is 1.60 bits per heavy atom. The largest absolute Gasteiger partial charge is 0.237 e. The third kappa shape index (κ3) is 1.67. The van der Waals surface area contributed by atoms with E-state index in [-0.39, 0.29) is 5.82 Å². The summed E-state index contributed by atoms with van der Waals surface area (Å²) >= 11 is 8.58. The van der Waals surface area contributed by atoms with Gasteiger partial charge in [0.15, 0.2) is 0 Å². The molecule has 0 N–H and O–H groups in total. The molecule has 0 saturated heterocycles. The van der Waals surface area contributed by atoms with Crippen LogP contribution < -0.4 is 0 Å². The first kappa shape index (κ1) is 7.95. The van der Waals surface area contributed by atoms with Crippen molar-refractivity contribution in [2.45, 2.75) is 5.33 Å². The number of aromatic nitrogens is 1. The molecule has 0 aliphatic heterocycles. The number of hydrogen-bond donors (Lipinski definition) is 0. The highest BCUT2D eigenvalue weighted by atomic mass is 79.9. The van der Waals surface area contributed by atoms with Gasteiger partial charge in [-0.25, -0.2) is 9.37 Å². The molecule has 54 valence electrons. The smallest absolute Gasteiger partial charge is 0.145 e. The lowest BCUT2D eigenvalue weighted by Crippen LogP contribution is -1.90. The predicted octanol–water partition coefficient (Wildman–Crippen LogP) is 2.77. The van der Waals surface area contributed by atoms with Crippen LogP contribution in [0, 0.1) is 5.82 Å². The number of nitrogens with zero attached hydrogens (tertiary/aromatic N) is 1. The summed E-state index contributed by atoms with van der Waals surface area (Å²) in [7, 11) is 0.